The second kappa shape index (κ2) is 30.7. The summed E-state index contributed by atoms with van der Waals surface area (Å²) in [6, 6.07) is -0.956. The molecule has 0 radical (unpaired) electrons. The molecule has 324 valence electrons. The number of ether oxygens (including phenoxy) is 3. The Labute approximate surface area is 338 Å². The monoisotopic (exact) mass is 816 g/mol. The van der Waals surface area contributed by atoms with Crippen LogP contribution in [0.2, 0.25) is 0 Å². The third-order valence-corrected chi connectivity index (χ3v) is 11.2. The number of nitrogens with two attached hydrogens (primary N) is 1. The molecule has 0 aliphatic carbocycles. The molecule has 1 aliphatic rings. The van der Waals surface area contributed by atoms with Gasteiger partial charge in [0.15, 0.2) is 12.1 Å². The summed E-state index contributed by atoms with van der Waals surface area (Å²) in [6.07, 6.45) is 17.0. The lowest BCUT2D eigenvalue weighted by Crippen LogP contribution is -2.58. The van der Waals surface area contributed by atoms with Crippen LogP contribution in [0.3, 0.4) is 0 Å². The normalized spacial score (nSPS) is 20.7. The van der Waals surface area contributed by atoms with Crippen LogP contribution in [0.25, 0.3) is 0 Å². The highest BCUT2D eigenvalue weighted by atomic mass is 32.2. The van der Waals surface area contributed by atoms with E-state index in [2.05, 4.69) is 29.5 Å². The molecule has 1 saturated heterocycles. The Morgan fingerprint density at radius 3 is 1.84 bits per heavy atom. The average Bonchev–Trinajstić information content (AvgIpc) is 3.62. The van der Waals surface area contributed by atoms with Crippen molar-refractivity contribution >= 4 is 35.4 Å². The quantitative estimate of drug-likeness (QED) is 0.0398. The van der Waals surface area contributed by atoms with Crippen molar-refractivity contribution in [3.63, 3.8) is 0 Å². The van der Waals surface area contributed by atoms with Gasteiger partial charge in [-0.05, 0) is 12.8 Å². The number of aromatic nitrogens is 3. The van der Waals surface area contributed by atoms with Crippen LogP contribution in [0.15, 0.2) is 6.20 Å². The van der Waals surface area contributed by atoms with Gasteiger partial charge in [-0.1, -0.05) is 135 Å². The Bertz CT molecular complexity index is 1200. The van der Waals surface area contributed by atoms with E-state index >= 15 is 0 Å². The minimum Gasteiger partial charge on any atom is -0.462 e. The molecule has 0 aromatic carbocycles. The summed E-state index contributed by atoms with van der Waals surface area (Å²) in [4.78, 5) is 38.1. The number of carbonyl (C=O) groups is 3. The first kappa shape index (κ1) is 49.8. The summed E-state index contributed by atoms with van der Waals surface area (Å²) in [5.41, 5.74) is 6.15. The lowest BCUT2D eigenvalue weighted by molar-refractivity contribution is -0.284. The fraction of sp³-hybridized carbons (Fsp3) is 0.875. The summed E-state index contributed by atoms with van der Waals surface area (Å²) >= 11 is 1.30. The lowest BCUT2D eigenvalue weighted by Gasteiger charge is -2.38. The maximum absolute atomic E-state index is 12.8. The number of rotatable bonds is 33. The molecule has 0 bridgehead atoms. The zero-order chi connectivity index (χ0) is 41.0. The molecule has 56 heavy (non-hydrogen) atoms. The van der Waals surface area contributed by atoms with E-state index in [9.17, 15) is 34.8 Å². The molecule has 15 nitrogen and oxygen atoms in total. The predicted octanol–water partition coefficient (Wildman–Crippen LogP) is 5.15. The maximum Gasteiger partial charge on any atom is 0.306 e. The third-order valence-electron chi connectivity index (χ3n) is 9.98. The van der Waals surface area contributed by atoms with Crippen LogP contribution in [0.5, 0.6) is 0 Å². The number of aliphatic hydroxyl groups excluding tert-OH is 4. The molecular formula is C40H73N5O10S. The number of unbranched alkanes of at least 4 members (excludes halogenated alkanes) is 18. The third kappa shape index (κ3) is 22.0. The topological polar surface area (TPSA) is 229 Å². The van der Waals surface area contributed by atoms with Crippen molar-refractivity contribution in [1.82, 2.24) is 15.0 Å². The van der Waals surface area contributed by atoms with Crippen LogP contribution < -0.4 is 11.1 Å². The first-order valence-corrected chi connectivity index (χ1v) is 22.5. The van der Waals surface area contributed by atoms with Gasteiger partial charge >= 0.3 is 11.9 Å². The minimum atomic E-state index is -1.69. The lowest BCUT2D eigenvalue weighted by atomic mass is 9.99. The van der Waals surface area contributed by atoms with E-state index in [-0.39, 0.29) is 42.4 Å². The predicted molar refractivity (Wildman–Crippen MR) is 217 cm³/mol. The number of hydrogen-bond donors (Lipinski definition) is 6. The fourth-order valence-corrected chi connectivity index (χ4v) is 7.43. The van der Waals surface area contributed by atoms with Crippen LogP contribution in [-0.2, 0) is 35.1 Å². The molecule has 1 amide bonds. The Kier molecular flexibility index (Phi) is 27.3. The van der Waals surface area contributed by atoms with Crippen molar-refractivity contribution in [2.45, 2.75) is 205 Å². The number of carbonyl (C=O) groups excluding carboxylic acids is 3. The van der Waals surface area contributed by atoms with Gasteiger partial charge in [0, 0.05) is 24.3 Å². The van der Waals surface area contributed by atoms with Crippen LogP contribution in [0, 0.1) is 0 Å². The molecule has 1 aromatic heterocycles. The second-order valence-corrected chi connectivity index (χ2v) is 16.2. The van der Waals surface area contributed by atoms with Gasteiger partial charge in [-0.2, -0.15) is 11.8 Å². The summed E-state index contributed by atoms with van der Waals surface area (Å²) in [5, 5.41) is 49.9. The van der Waals surface area contributed by atoms with E-state index in [0.717, 1.165) is 38.5 Å². The molecular weight excluding hydrogens is 743 g/mol. The Morgan fingerprint density at radius 1 is 0.768 bits per heavy atom. The SMILES string of the molecule is CCCCCCCCCCCCC(=O)OC[C@H](CSC[C@@H](N)C(=O)Nc1cn(CC2OC(O)C(O)C(O)C2O)nn1)OC(=O)CCCCCCCCCCCC. The highest BCUT2D eigenvalue weighted by molar-refractivity contribution is 7.99. The number of amides is 1. The fourth-order valence-electron chi connectivity index (χ4n) is 6.46. The molecule has 16 heteroatoms. The molecule has 2 heterocycles. The number of hydrogen-bond acceptors (Lipinski definition) is 14. The molecule has 1 fully saturated rings. The van der Waals surface area contributed by atoms with Crippen LogP contribution in [0.1, 0.15) is 155 Å². The highest BCUT2D eigenvalue weighted by Gasteiger charge is 2.43. The summed E-state index contributed by atoms with van der Waals surface area (Å²) in [6.45, 7) is 4.25. The first-order valence-electron chi connectivity index (χ1n) is 21.3. The standard InChI is InChI=1S/C40H73N5O10S/c1-3-5-7-9-11-13-15-17-19-21-23-34(46)53-27-30(54-35(47)24-22-20-18-16-14-12-10-8-6-4-2)28-56-29-31(41)39(51)42-33-26-45(44-43-33)25-32-36(48)37(49)38(50)40(52)55-32/h26,30-32,36-38,40,48-50,52H,3-25,27-29,41H2,1-2H3,(H,42,51)/t30-,31-,32?,36?,37?,38?,40?/m1/s1. The number of anilines is 1. The Morgan fingerprint density at radius 2 is 1.29 bits per heavy atom. The van der Waals surface area contributed by atoms with Gasteiger partial charge in [-0.3, -0.25) is 14.4 Å². The summed E-state index contributed by atoms with van der Waals surface area (Å²) in [7, 11) is 0. The largest absolute Gasteiger partial charge is 0.462 e. The molecule has 0 spiro atoms. The van der Waals surface area contributed by atoms with E-state index in [1.165, 1.54) is 113 Å². The van der Waals surface area contributed by atoms with E-state index in [1.807, 2.05) is 0 Å². The second-order valence-electron chi connectivity index (χ2n) is 15.2. The number of nitrogens with zero attached hydrogens (tertiary/aromatic N) is 3. The van der Waals surface area contributed by atoms with Gasteiger partial charge in [-0.15, -0.1) is 5.10 Å². The van der Waals surface area contributed by atoms with E-state index in [4.69, 9.17) is 19.9 Å². The Balaban J connectivity index is 1.77. The van der Waals surface area contributed by atoms with Crippen molar-refractivity contribution in [2.24, 2.45) is 5.73 Å². The van der Waals surface area contributed by atoms with Gasteiger partial charge in [0.05, 0.1) is 18.8 Å². The van der Waals surface area contributed by atoms with Gasteiger partial charge in [0.2, 0.25) is 5.91 Å². The summed E-state index contributed by atoms with van der Waals surface area (Å²) < 4.78 is 17.7. The maximum atomic E-state index is 12.8. The molecule has 7 atom stereocenters. The van der Waals surface area contributed by atoms with Crippen LogP contribution in [-0.4, -0.2) is 114 Å². The number of esters is 2. The first-order chi connectivity index (χ1) is 27.0. The smallest absolute Gasteiger partial charge is 0.306 e. The van der Waals surface area contributed by atoms with E-state index < -0.39 is 48.8 Å². The minimum absolute atomic E-state index is 0.0652. The van der Waals surface area contributed by atoms with Crippen molar-refractivity contribution in [1.29, 1.82) is 0 Å². The van der Waals surface area contributed by atoms with E-state index in [0.29, 0.717) is 12.8 Å². The molecule has 7 N–H and O–H groups in total. The zero-order valence-electron chi connectivity index (χ0n) is 34.1. The number of thioether (sulfide) groups is 1. The average molecular weight is 816 g/mol. The Hall–Kier alpha value is -2.34. The van der Waals surface area contributed by atoms with Crippen LogP contribution in [0.4, 0.5) is 5.82 Å². The molecule has 1 aliphatic heterocycles. The van der Waals surface area contributed by atoms with Crippen molar-refractivity contribution in [3.8, 4) is 0 Å². The molecule has 0 saturated carbocycles. The van der Waals surface area contributed by atoms with Crippen LogP contribution >= 0.6 is 11.8 Å². The highest BCUT2D eigenvalue weighted by Crippen LogP contribution is 2.21. The van der Waals surface area contributed by atoms with E-state index in [1.54, 1.807) is 0 Å². The van der Waals surface area contributed by atoms with Gasteiger partial charge in [-0.25, -0.2) is 4.68 Å². The summed E-state index contributed by atoms with van der Waals surface area (Å²) in [5.74, 6) is -0.650. The van der Waals surface area contributed by atoms with Crippen molar-refractivity contribution < 1.29 is 49.0 Å². The van der Waals surface area contributed by atoms with Crippen molar-refractivity contribution in [2.75, 3.05) is 23.4 Å². The van der Waals surface area contributed by atoms with Gasteiger partial charge in [0.1, 0.15) is 37.1 Å². The number of aliphatic hydroxyl groups is 4. The van der Waals surface area contributed by atoms with Crippen molar-refractivity contribution in [3.05, 3.63) is 6.20 Å². The van der Waals surface area contributed by atoms with Gasteiger partial charge in [0.25, 0.3) is 0 Å². The number of nitrogens with one attached hydrogen (secondary N) is 1. The molecule has 2 rings (SSSR count). The molecule has 1 aromatic rings. The molecule has 5 unspecified atom stereocenters. The zero-order valence-corrected chi connectivity index (χ0v) is 34.9. The van der Waals surface area contributed by atoms with Gasteiger partial charge < -0.3 is 45.7 Å².